The zero-order valence-corrected chi connectivity index (χ0v) is 9.16. The number of nitrogens with zero attached hydrogens (tertiary/aromatic N) is 2. The van der Waals surface area contributed by atoms with Crippen LogP contribution in [0.4, 0.5) is 5.82 Å². The molecule has 0 aliphatic heterocycles. The van der Waals surface area contributed by atoms with Crippen LogP contribution in [0.5, 0.6) is 0 Å². The second kappa shape index (κ2) is 4.14. The van der Waals surface area contributed by atoms with Gasteiger partial charge in [0.1, 0.15) is 5.82 Å². The fraction of sp³-hybridized carbons (Fsp3) is 0.636. The van der Waals surface area contributed by atoms with Crippen molar-refractivity contribution >= 4 is 5.82 Å². The summed E-state index contributed by atoms with van der Waals surface area (Å²) in [5.74, 6) is 0.858. The fourth-order valence-corrected chi connectivity index (χ4v) is 2.12. The number of aromatic nitrogens is 2. The number of nitrogens with one attached hydrogen (secondary N) is 1. The highest BCUT2D eigenvalue weighted by molar-refractivity contribution is 5.36. The predicted molar refractivity (Wildman–Crippen MR) is 60.4 cm³/mol. The lowest BCUT2D eigenvalue weighted by Gasteiger charge is -2.25. The molecule has 0 amide bonds. The Kier molecular flexibility index (Phi) is 2.86. The predicted octanol–water partition coefficient (Wildman–Crippen LogP) is 1.68. The maximum absolute atomic E-state index is 5.47. The summed E-state index contributed by atoms with van der Waals surface area (Å²) in [6.07, 6.45) is 5.04. The molecule has 0 aromatic carbocycles. The second-order valence-corrected chi connectivity index (χ2v) is 4.51. The molecule has 1 aliphatic carbocycles. The molecular formula is C11H18N4. The van der Waals surface area contributed by atoms with Crippen LogP contribution in [0, 0.1) is 0 Å². The molecule has 0 spiro atoms. The van der Waals surface area contributed by atoms with Crippen LogP contribution < -0.4 is 11.1 Å². The molecular weight excluding hydrogens is 188 g/mol. The van der Waals surface area contributed by atoms with Gasteiger partial charge in [-0.2, -0.15) is 5.10 Å². The summed E-state index contributed by atoms with van der Waals surface area (Å²) in [6, 6.07) is 3.88. The third-order valence-corrected chi connectivity index (χ3v) is 3.07. The molecule has 1 heterocycles. The lowest BCUT2D eigenvalue weighted by atomic mass is 10.0. The standard InChI is InChI=1S/C11H18N4/c1-11(6-2-3-7-11)13-10-5-4-9(8-12)14-15-10/h4-5H,2-3,6-8,12H2,1H3,(H,13,15). The van der Waals surface area contributed by atoms with E-state index >= 15 is 0 Å². The van der Waals surface area contributed by atoms with Crippen molar-refractivity contribution in [1.82, 2.24) is 10.2 Å². The molecule has 0 radical (unpaired) electrons. The molecule has 1 saturated carbocycles. The van der Waals surface area contributed by atoms with Gasteiger partial charge in [-0.1, -0.05) is 12.8 Å². The van der Waals surface area contributed by atoms with Crippen LogP contribution in [-0.2, 0) is 6.54 Å². The van der Waals surface area contributed by atoms with Gasteiger partial charge in [0.25, 0.3) is 0 Å². The molecule has 0 saturated heterocycles. The first-order chi connectivity index (χ1) is 7.22. The Balaban J connectivity index is 2.04. The summed E-state index contributed by atoms with van der Waals surface area (Å²) in [4.78, 5) is 0. The zero-order chi connectivity index (χ0) is 10.7. The van der Waals surface area contributed by atoms with E-state index in [0.717, 1.165) is 11.5 Å². The van der Waals surface area contributed by atoms with E-state index in [1.54, 1.807) is 0 Å². The van der Waals surface area contributed by atoms with Crippen molar-refractivity contribution in [3.8, 4) is 0 Å². The molecule has 0 atom stereocenters. The van der Waals surface area contributed by atoms with Gasteiger partial charge in [-0.15, -0.1) is 5.10 Å². The van der Waals surface area contributed by atoms with Crippen molar-refractivity contribution in [3.63, 3.8) is 0 Å². The molecule has 82 valence electrons. The van der Waals surface area contributed by atoms with E-state index in [9.17, 15) is 0 Å². The van der Waals surface area contributed by atoms with Gasteiger partial charge in [0.15, 0.2) is 0 Å². The highest BCUT2D eigenvalue weighted by atomic mass is 15.2. The van der Waals surface area contributed by atoms with Crippen LogP contribution >= 0.6 is 0 Å². The topological polar surface area (TPSA) is 63.8 Å². The largest absolute Gasteiger partial charge is 0.363 e. The molecule has 2 rings (SSSR count). The molecule has 1 aromatic heterocycles. The van der Waals surface area contributed by atoms with Gasteiger partial charge >= 0.3 is 0 Å². The van der Waals surface area contributed by atoms with Crippen LogP contribution in [0.25, 0.3) is 0 Å². The minimum Gasteiger partial charge on any atom is -0.363 e. The molecule has 1 aromatic rings. The Morgan fingerprint density at radius 3 is 2.60 bits per heavy atom. The van der Waals surface area contributed by atoms with Gasteiger partial charge in [-0.25, -0.2) is 0 Å². The Morgan fingerprint density at radius 1 is 1.33 bits per heavy atom. The second-order valence-electron chi connectivity index (χ2n) is 4.51. The van der Waals surface area contributed by atoms with E-state index in [-0.39, 0.29) is 5.54 Å². The van der Waals surface area contributed by atoms with Gasteiger partial charge in [-0.05, 0) is 31.9 Å². The van der Waals surface area contributed by atoms with Crippen LogP contribution in [0.3, 0.4) is 0 Å². The smallest absolute Gasteiger partial charge is 0.149 e. The minimum absolute atomic E-state index is 0.207. The van der Waals surface area contributed by atoms with Crippen molar-refractivity contribution in [3.05, 3.63) is 17.8 Å². The first kappa shape index (κ1) is 10.4. The number of hydrogen-bond donors (Lipinski definition) is 2. The van der Waals surface area contributed by atoms with Crippen molar-refractivity contribution in [2.45, 2.75) is 44.7 Å². The first-order valence-electron chi connectivity index (χ1n) is 5.53. The molecule has 0 bridgehead atoms. The van der Waals surface area contributed by atoms with Gasteiger partial charge in [0.2, 0.25) is 0 Å². The normalized spacial score (nSPS) is 19.1. The number of hydrogen-bond acceptors (Lipinski definition) is 4. The molecule has 0 unspecified atom stereocenters. The molecule has 3 N–H and O–H groups in total. The summed E-state index contributed by atoms with van der Waals surface area (Å²) >= 11 is 0. The Hall–Kier alpha value is -1.16. The maximum atomic E-state index is 5.47. The number of rotatable bonds is 3. The third kappa shape index (κ3) is 2.45. The van der Waals surface area contributed by atoms with E-state index in [0.29, 0.717) is 6.54 Å². The maximum Gasteiger partial charge on any atom is 0.149 e. The third-order valence-electron chi connectivity index (χ3n) is 3.07. The van der Waals surface area contributed by atoms with E-state index < -0.39 is 0 Å². The average Bonchev–Trinajstić information content (AvgIpc) is 2.66. The minimum atomic E-state index is 0.207. The van der Waals surface area contributed by atoms with Crippen molar-refractivity contribution in [2.24, 2.45) is 5.73 Å². The van der Waals surface area contributed by atoms with Gasteiger partial charge in [0, 0.05) is 12.1 Å². The van der Waals surface area contributed by atoms with Crippen LogP contribution in [0.2, 0.25) is 0 Å². The van der Waals surface area contributed by atoms with Crippen molar-refractivity contribution in [1.29, 1.82) is 0 Å². The van der Waals surface area contributed by atoms with E-state index in [1.165, 1.54) is 25.7 Å². The Morgan fingerprint density at radius 2 is 2.07 bits per heavy atom. The summed E-state index contributed by atoms with van der Waals surface area (Å²) in [7, 11) is 0. The summed E-state index contributed by atoms with van der Waals surface area (Å²) in [5.41, 5.74) is 6.50. The fourth-order valence-electron chi connectivity index (χ4n) is 2.12. The quantitative estimate of drug-likeness (QED) is 0.789. The van der Waals surface area contributed by atoms with Gasteiger partial charge < -0.3 is 11.1 Å². The monoisotopic (exact) mass is 206 g/mol. The summed E-state index contributed by atoms with van der Waals surface area (Å²) in [5, 5.41) is 11.6. The van der Waals surface area contributed by atoms with Gasteiger partial charge in [-0.3, -0.25) is 0 Å². The van der Waals surface area contributed by atoms with E-state index in [4.69, 9.17) is 5.73 Å². The molecule has 1 aliphatic rings. The van der Waals surface area contributed by atoms with Gasteiger partial charge in [0.05, 0.1) is 5.69 Å². The lowest BCUT2D eigenvalue weighted by Crippen LogP contribution is -2.31. The van der Waals surface area contributed by atoms with Crippen LogP contribution in [0.15, 0.2) is 12.1 Å². The number of nitrogens with two attached hydrogens (primary N) is 1. The molecule has 4 nitrogen and oxygen atoms in total. The lowest BCUT2D eigenvalue weighted by molar-refractivity contribution is 0.529. The first-order valence-corrected chi connectivity index (χ1v) is 5.53. The highest BCUT2D eigenvalue weighted by Crippen LogP contribution is 2.31. The highest BCUT2D eigenvalue weighted by Gasteiger charge is 2.28. The van der Waals surface area contributed by atoms with E-state index in [2.05, 4.69) is 22.4 Å². The SMILES string of the molecule is CC1(Nc2ccc(CN)nn2)CCCC1. The Labute approximate surface area is 90.3 Å². The van der Waals surface area contributed by atoms with E-state index in [1.807, 2.05) is 12.1 Å². The van der Waals surface area contributed by atoms with Crippen molar-refractivity contribution < 1.29 is 0 Å². The number of anilines is 1. The molecule has 4 heteroatoms. The summed E-state index contributed by atoms with van der Waals surface area (Å²) in [6.45, 7) is 2.70. The summed E-state index contributed by atoms with van der Waals surface area (Å²) < 4.78 is 0. The zero-order valence-electron chi connectivity index (χ0n) is 9.16. The van der Waals surface area contributed by atoms with Crippen LogP contribution in [0.1, 0.15) is 38.3 Å². The van der Waals surface area contributed by atoms with Crippen LogP contribution in [-0.4, -0.2) is 15.7 Å². The van der Waals surface area contributed by atoms with Crippen molar-refractivity contribution in [2.75, 3.05) is 5.32 Å². The molecule has 1 fully saturated rings. The molecule has 15 heavy (non-hydrogen) atoms. The average molecular weight is 206 g/mol. The Bertz CT molecular complexity index is 314.